The number of hydrogen-bond acceptors (Lipinski definition) is 4. The molecule has 3 aromatic rings. The fourth-order valence-corrected chi connectivity index (χ4v) is 3.64. The molecule has 7 heteroatoms. The van der Waals surface area contributed by atoms with Crippen LogP contribution in [0.5, 0.6) is 0 Å². The maximum atomic E-state index is 4.92. The second kappa shape index (κ2) is 11.6. The molecule has 1 fully saturated rings. The van der Waals surface area contributed by atoms with E-state index in [1.54, 1.807) is 0 Å². The summed E-state index contributed by atoms with van der Waals surface area (Å²) >= 11 is 0. The number of pyridine rings is 2. The molecule has 0 radical (unpaired) electrons. The van der Waals surface area contributed by atoms with Gasteiger partial charge in [0, 0.05) is 50.7 Å². The Labute approximate surface area is 201 Å². The number of benzene rings is 1. The van der Waals surface area contributed by atoms with Crippen LogP contribution in [0, 0.1) is 0 Å². The molecule has 162 valence electrons. The van der Waals surface area contributed by atoms with E-state index in [0.717, 1.165) is 55.8 Å². The molecule has 1 aliphatic rings. The van der Waals surface area contributed by atoms with Crippen LogP contribution in [0.25, 0.3) is 11.3 Å². The lowest BCUT2D eigenvalue weighted by Crippen LogP contribution is -2.52. The van der Waals surface area contributed by atoms with Gasteiger partial charge in [-0.15, -0.1) is 24.0 Å². The number of hydrogen-bond donors (Lipinski definition) is 1. The summed E-state index contributed by atoms with van der Waals surface area (Å²) in [4.78, 5) is 18.5. The fraction of sp³-hybridized carbons (Fsp3) is 0.292. The molecule has 0 unspecified atom stereocenters. The summed E-state index contributed by atoms with van der Waals surface area (Å²) < 4.78 is 0. The number of halogens is 1. The second-order valence-corrected chi connectivity index (χ2v) is 7.25. The number of anilines is 1. The molecular weight excluding hydrogens is 499 g/mol. The molecule has 0 saturated carbocycles. The van der Waals surface area contributed by atoms with Gasteiger partial charge in [-0.1, -0.05) is 30.3 Å². The van der Waals surface area contributed by atoms with Gasteiger partial charge in [0.15, 0.2) is 5.96 Å². The Bertz CT molecular complexity index is 956. The van der Waals surface area contributed by atoms with Gasteiger partial charge in [0.25, 0.3) is 0 Å². The fourth-order valence-electron chi connectivity index (χ4n) is 3.64. The predicted molar refractivity (Wildman–Crippen MR) is 138 cm³/mol. The van der Waals surface area contributed by atoms with Gasteiger partial charge in [-0.2, -0.15) is 0 Å². The Morgan fingerprint density at radius 2 is 1.71 bits per heavy atom. The van der Waals surface area contributed by atoms with Crippen molar-refractivity contribution in [3.8, 4) is 11.3 Å². The van der Waals surface area contributed by atoms with E-state index in [1.807, 2.05) is 42.7 Å². The van der Waals surface area contributed by atoms with Gasteiger partial charge in [-0.05, 0) is 42.8 Å². The van der Waals surface area contributed by atoms with E-state index in [1.165, 1.54) is 5.56 Å². The number of aromatic nitrogens is 2. The average molecular weight is 528 g/mol. The maximum Gasteiger partial charge on any atom is 0.194 e. The number of nitrogens with zero attached hydrogens (tertiary/aromatic N) is 5. The number of guanidine groups is 1. The van der Waals surface area contributed by atoms with Crippen molar-refractivity contribution < 1.29 is 0 Å². The highest BCUT2D eigenvalue weighted by Gasteiger charge is 2.20. The predicted octanol–water partition coefficient (Wildman–Crippen LogP) is 4.05. The molecule has 0 bridgehead atoms. The summed E-state index contributed by atoms with van der Waals surface area (Å²) in [5.74, 6) is 2.02. The highest BCUT2D eigenvalue weighted by molar-refractivity contribution is 14.0. The third kappa shape index (κ3) is 6.16. The first-order valence-corrected chi connectivity index (χ1v) is 10.5. The molecule has 4 rings (SSSR count). The van der Waals surface area contributed by atoms with E-state index < -0.39 is 0 Å². The third-order valence-electron chi connectivity index (χ3n) is 5.19. The van der Waals surface area contributed by atoms with Crippen molar-refractivity contribution in [1.82, 2.24) is 20.2 Å². The van der Waals surface area contributed by atoms with Gasteiger partial charge in [0.1, 0.15) is 5.82 Å². The van der Waals surface area contributed by atoms with Crippen molar-refractivity contribution in [2.75, 3.05) is 37.6 Å². The third-order valence-corrected chi connectivity index (χ3v) is 5.19. The molecule has 1 saturated heterocycles. The summed E-state index contributed by atoms with van der Waals surface area (Å²) in [6, 6.07) is 20.5. The monoisotopic (exact) mass is 528 g/mol. The van der Waals surface area contributed by atoms with Gasteiger partial charge >= 0.3 is 0 Å². The Kier molecular flexibility index (Phi) is 8.63. The summed E-state index contributed by atoms with van der Waals surface area (Å²) in [5.41, 5.74) is 3.29. The van der Waals surface area contributed by atoms with Gasteiger partial charge in [0.05, 0.1) is 12.2 Å². The average Bonchev–Trinajstić information content (AvgIpc) is 2.83. The number of nitrogens with one attached hydrogen (secondary N) is 1. The molecule has 0 atom stereocenters. The van der Waals surface area contributed by atoms with Crippen molar-refractivity contribution in [2.24, 2.45) is 4.99 Å². The summed E-state index contributed by atoms with van der Waals surface area (Å²) in [6.45, 7) is 7.35. The Morgan fingerprint density at radius 1 is 0.935 bits per heavy atom. The minimum absolute atomic E-state index is 0. The molecule has 0 amide bonds. The Morgan fingerprint density at radius 3 is 2.39 bits per heavy atom. The van der Waals surface area contributed by atoms with Crippen molar-refractivity contribution in [1.29, 1.82) is 0 Å². The lowest BCUT2D eigenvalue weighted by atomic mass is 10.1. The molecule has 2 aromatic heterocycles. The number of aliphatic imine (C=N–C) groups is 1. The highest BCUT2D eigenvalue weighted by atomic mass is 127. The van der Waals surface area contributed by atoms with Crippen molar-refractivity contribution in [3.63, 3.8) is 0 Å². The van der Waals surface area contributed by atoms with Crippen LogP contribution in [0.2, 0.25) is 0 Å². The quantitative estimate of drug-likeness (QED) is 0.308. The van der Waals surface area contributed by atoms with E-state index in [9.17, 15) is 0 Å². The molecule has 1 N–H and O–H groups in total. The zero-order valence-corrected chi connectivity index (χ0v) is 20.1. The first-order valence-electron chi connectivity index (χ1n) is 10.5. The van der Waals surface area contributed by atoms with Crippen LogP contribution in [0.3, 0.4) is 0 Å². The molecular formula is C24H29IN6. The summed E-state index contributed by atoms with van der Waals surface area (Å²) in [6.07, 6.45) is 3.68. The Balaban J connectivity index is 0.00000272. The molecule has 3 heterocycles. The van der Waals surface area contributed by atoms with Crippen LogP contribution in [0.4, 0.5) is 5.82 Å². The van der Waals surface area contributed by atoms with Crippen molar-refractivity contribution in [3.05, 3.63) is 78.6 Å². The minimum atomic E-state index is 0. The van der Waals surface area contributed by atoms with Crippen LogP contribution < -0.4 is 10.2 Å². The van der Waals surface area contributed by atoms with Crippen LogP contribution in [0.1, 0.15) is 12.5 Å². The van der Waals surface area contributed by atoms with Gasteiger partial charge < -0.3 is 15.1 Å². The highest BCUT2D eigenvalue weighted by Crippen LogP contribution is 2.18. The lowest BCUT2D eigenvalue weighted by Gasteiger charge is -2.37. The van der Waals surface area contributed by atoms with Gasteiger partial charge in [-0.25, -0.2) is 9.98 Å². The van der Waals surface area contributed by atoms with E-state index in [4.69, 9.17) is 4.99 Å². The normalized spacial score (nSPS) is 14.2. The summed E-state index contributed by atoms with van der Waals surface area (Å²) in [5, 5.41) is 3.45. The van der Waals surface area contributed by atoms with Gasteiger partial charge in [-0.3, -0.25) is 4.98 Å². The molecule has 31 heavy (non-hydrogen) atoms. The Hall–Kier alpha value is -2.68. The van der Waals surface area contributed by atoms with E-state index in [-0.39, 0.29) is 24.0 Å². The standard InChI is InChI=1S/C24H28N6.HI/c1-2-25-24(30-16-14-29(15-17-30)23-11-4-6-13-27-23)28-19-20-8-7-9-21(18-20)22-10-3-5-12-26-22;/h3-13,18H,2,14-17,19H2,1H3,(H,25,28);1H. The van der Waals surface area contributed by atoms with E-state index in [2.05, 4.69) is 62.3 Å². The number of piperazine rings is 1. The summed E-state index contributed by atoms with van der Waals surface area (Å²) in [7, 11) is 0. The second-order valence-electron chi connectivity index (χ2n) is 7.25. The lowest BCUT2D eigenvalue weighted by molar-refractivity contribution is 0.371. The van der Waals surface area contributed by atoms with Crippen LogP contribution in [0.15, 0.2) is 78.0 Å². The maximum absolute atomic E-state index is 4.92. The first kappa shape index (κ1) is 23.0. The zero-order valence-electron chi connectivity index (χ0n) is 17.8. The van der Waals surface area contributed by atoms with Crippen LogP contribution in [-0.2, 0) is 6.54 Å². The topological polar surface area (TPSA) is 56.7 Å². The smallest absolute Gasteiger partial charge is 0.194 e. The number of rotatable bonds is 5. The SMILES string of the molecule is CCNC(=NCc1cccc(-c2ccccn2)c1)N1CCN(c2ccccn2)CC1.I. The van der Waals surface area contributed by atoms with Crippen molar-refractivity contribution >= 4 is 35.8 Å². The minimum Gasteiger partial charge on any atom is -0.357 e. The van der Waals surface area contributed by atoms with E-state index in [0.29, 0.717) is 6.54 Å². The van der Waals surface area contributed by atoms with Crippen molar-refractivity contribution in [2.45, 2.75) is 13.5 Å². The molecule has 1 aromatic carbocycles. The van der Waals surface area contributed by atoms with Crippen LogP contribution >= 0.6 is 24.0 Å². The largest absolute Gasteiger partial charge is 0.357 e. The molecule has 6 nitrogen and oxygen atoms in total. The molecule has 0 spiro atoms. The zero-order chi connectivity index (χ0) is 20.6. The first-order chi connectivity index (χ1) is 14.8. The molecule has 1 aliphatic heterocycles. The molecule has 0 aliphatic carbocycles. The van der Waals surface area contributed by atoms with E-state index >= 15 is 0 Å². The van der Waals surface area contributed by atoms with Gasteiger partial charge in [0.2, 0.25) is 0 Å². The van der Waals surface area contributed by atoms with Crippen LogP contribution in [-0.4, -0.2) is 53.6 Å².